The summed E-state index contributed by atoms with van der Waals surface area (Å²) in [6, 6.07) is 4.13. The van der Waals surface area contributed by atoms with E-state index >= 15 is 0 Å². The molecule has 2 atom stereocenters. The molecule has 3 heterocycles. The maximum atomic E-state index is 13.8. The van der Waals surface area contributed by atoms with Gasteiger partial charge < -0.3 is 5.32 Å². The van der Waals surface area contributed by atoms with E-state index in [1.165, 1.54) is 4.88 Å². The highest BCUT2D eigenvalue weighted by Gasteiger charge is 2.32. The van der Waals surface area contributed by atoms with Crippen LogP contribution in [0, 0.1) is 0 Å². The Bertz CT molecular complexity index is 642. The van der Waals surface area contributed by atoms with Crippen molar-refractivity contribution in [2.24, 2.45) is 7.05 Å². The molecule has 124 valence electrons. The molecule has 0 unspecified atom stereocenters. The molecule has 2 aromatic heterocycles. The molecule has 2 aromatic rings. The van der Waals surface area contributed by atoms with Crippen molar-refractivity contribution in [1.29, 1.82) is 0 Å². The van der Waals surface area contributed by atoms with Crippen LogP contribution in [0.5, 0.6) is 0 Å². The molecule has 1 fully saturated rings. The van der Waals surface area contributed by atoms with Crippen molar-refractivity contribution in [2.45, 2.75) is 31.6 Å². The first-order valence-corrected chi connectivity index (χ1v) is 8.63. The number of likely N-dealkylation sites (tertiary alicyclic amines) is 1. The highest BCUT2D eigenvalue weighted by atomic mass is 32.1. The highest BCUT2D eigenvalue weighted by molar-refractivity contribution is 7.09. The van der Waals surface area contributed by atoms with Gasteiger partial charge in [-0.25, -0.2) is 4.39 Å². The van der Waals surface area contributed by atoms with Crippen LogP contribution in [0.4, 0.5) is 4.39 Å². The minimum absolute atomic E-state index is 0.0450. The second kappa shape index (κ2) is 7.23. The molecule has 1 N–H and O–H groups in total. The zero-order valence-corrected chi connectivity index (χ0v) is 13.9. The number of nitrogens with one attached hydrogen (secondary N) is 1. The van der Waals surface area contributed by atoms with Crippen LogP contribution in [0.1, 0.15) is 16.9 Å². The van der Waals surface area contributed by atoms with Crippen LogP contribution in [-0.2, 0) is 24.8 Å². The first-order chi connectivity index (χ1) is 11.1. The summed E-state index contributed by atoms with van der Waals surface area (Å²) >= 11 is 1.68. The fourth-order valence-electron chi connectivity index (χ4n) is 2.97. The lowest BCUT2D eigenvalue weighted by atomic mass is 10.2. The van der Waals surface area contributed by atoms with E-state index in [2.05, 4.69) is 21.4 Å². The summed E-state index contributed by atoms with van der Waals surface area (Å²) in [4.78, 5) is 15.4. The molecule has 7 heteroatoms. The minimum Gasteiger partial charge on any atom is -0.354 e. The van der Waals surface area contributed by atoms with E-state index in [1.807, 2.05) is 24.7 Å². The van der Waals surface area contributed by atoms with E-state index in [1.54, 1.807) is 22.2 Å². The first kappa shape index (κ1) is 16.1. The maximum Gasteiger partial charge on any atom is 0.224 e. The predicted octanol–water partition coefficient (Wildman–Crippen LogP) is 1.75. The van der Waals surface area contributed by atoms with Crippen molar-refractivity contribution in [1.82, 2.24) is 20.0 Å². The highest BCUT2D eigenvalue weighted by Crippen LogP contribution is 2.23. The number of thiophene rings is 1. The van der Waals surface area contributed by atoms with E-state index < -0.39 is 6.17 Å². The number of halogens is 1. The summed E-state index contributed by atoms with van der Waals surface area (Å²) in [6.45, 7) is 1.69. The average molecular weight is 336 g/mol. The Morgan fingerprint density at radius 3 is 3.13 bits per heavy atom. The van der Waals surface area contributed by atoms with Crippen LogP contribution in [-0.4, -0.2) is 45.9 Å². The molecule has 3 rings (SSSR count). The van der Waals surface area contributed by atoms with Gasteiger partial charge in [-0.15, -0.1) is 11.3 Å². The van der Waals surface area contributed by atoms with Crippen LogP contribution in [0.25, 0.3) is 0 Å². The third-order valence-electron chi connectivity index (χ3n) is 4.07. The molecule has 1 aliphatic rings. The van der Waals surface area contributed by atoms with Crippen LogP contribution >= 0.6 is 11.3 Å². The van der Waals surface area contributed by atoms with Gasteiger partial charge >= 0.3 is 0 Å². The Kier molecular flexibility index (Phi) is 5.07. The molecular weight excluding hydrogens is 315 g/mol. The lowest BCUT2D eigenvalue weighted by molar-refractivity contribution is -0.120. The molecule has 23 heavy (non-hydrogen) atoms. The molecule has 0 aliphatic carbocycles. The molecule has 0 spiro atoms. The van der Waals surface area contributed by atoms with E-state index in [9.17, 15) is 9.18 Å². The fourth-order valence-corrected chi connectivity index (χ4v) is 3.70. The number of hydrogen-bond acceptors (Lipinski definition) is 4. The quantitative estimate of drug-likeness (QED) is 0.874. The molecule has 1 amide bonds. The lowest BCUT2D eigenvalue weighted by Gasteiger charge is -2.23. The standard InChI is InChI=1S/C16H21FN4OS/c1-20-9-12(7-19-20)5-16(22)18-8-14-6-13(17)10-21(14)11-15-3-2-4-23-15/h2-4,7,9,13-14H,5-6,8,10-11H2,1H3,(H,18,22)/t13-,14-/m0/s1. The average Bonchev–Trinajstić information content (AvgIpc) is 3.21. The Hall–Kier alpha value is -1.73. The number of carbonyl (C=O) groups is 1. The van der Waals surface area contributed by atoms with Gasteiger partial charge in [-0.1, -0.05) is 6.07 Å². The van der Waals surface area contributed by atoms with Gasteiger partial charge in [0.25, 0.3) is 0 Å². The Balaban J connectivity index is 1.50. The predicted molar refractivity (Wildman–Crippen MR) is 88.0 cm³/mol. The van der Waals surface area contributed by atoms with Gasteiger partial charge in [-0.05, 0) is 23.4 Å². The van der Waals surface area contributed by atoms with Crippen LogP contribution in [0.3, 0.4) is 0 Å². The lowest BCUT2D eigenvalue weighted by Crippen LogP contribution is -2.40. The molecule has 0 aromatic carbocycles. The Morgan fingerprint density at radius 2 is 2.43 bits per heavy atom. The van der Waals surface area contributed by atoms with Crippen molar-refractivity contribution >= 4 is 17.2 Å². The SMILES string of the molecule is Cn1cc(CC(=O)NC[C@@H]2C[C@H](F)CN2Cc2cccs2)cn1. The monoisotopic (exact) mass is 336 g/mol. The van der Waals surface area contributed by atoms with Crippen molar-refractivity contribution in [3.05, 3.63) is 40.3 Å². The number of nitrogens with zero attached hydrogens (tertiary/aromatic N) is 3. The van der Waals surface area contributed by atoms with E-state index in [0.29, 0.717) is 25.9 Å². The number of hydrogen-bond donors (Lipinski definition) is 1. The van der Waals surface area contributed by atoms with Crippen molar-refractivity contribution in [2.75, 3.05) is 13.1 Å². The second-order valence-corrected chi connectivity index (χ2v) is 7.03. The first-order valence-electron chi connectivity index (χ1n) is 7.75. The zero-order chi connectivity index (χ0) is 16.2. The van der Waals surface area contributed by atoms with Gasteiger partial charge in [-0.3, -0.25) is 14.4 Å². The molecular formula is C16H21FN4OS. The molecule has 0 saturated carbocycles. The third-order valence-corrected chi connectivity index (χ3v) is 4.93. The summed E-state index contributed by atoms with van der Waals surface area (Å²) < 4.78 is 15.4. The summed E-state index contributed by atoms with van der Waals surface area (Å²) in [5, 5.41) is 9.01. The van der Waals surface area contributed by atoms with Crippen LogP contribution in [0.15, 0.2) is 29.9 Å². The number of aromatic nitrogens is 2. The number of amides is 1. The van der Waals surface area contributed by atoms with Crippen molar-refractivity contribution in [3.8, 4) is 0 Å². The van der Waals surface area contributed by atoms with Gasteiger partial charge in [-0.2, -0.15) is 5.10 Å². The van der Waals surface area contributed by atoms with Gasteiger partial charge in [0.15, 0.2) is 0 Å². The summed E-state index contributed by atoms with van der Waals surface area (Å²) in [5.41, 5.74) is 0.884. The van der Waals surface area contributed by atoms with Gasteiger partial charge in [0.05, 0.1) is 12.6 Å². The molecule has 0 bridgehead atoms. The summed E-state index contributed by atoms with van der Waals surface area (Å²) in [7, 11) is 1.82. The van der Waals surface area contributed by atoms with Gasteiger partial charge in [0.1, 0.15) is 6.17 Å². The summed E-state index contributed by atoms with van der Waals surface area (Å²) in [5.74, 6) is -0.0450. The second-order valence-electron chi connectivity index (χ2n) is 6.00. The van der Waals surface area contributed by atoms with Crippen LogP contribution in [0.2, 0.25) is 0 Å². The molecule has 1 aliphatic heterocycles. The topological polar surface area (TPSA) is 50.2 Å². The van der Waals surface area contributed by atoms with Gasteiger partial charge in [0.2, 0.25) is 5.91 Å². The van der Waals surface area contributed by atoms with Crippen LogP contribution < -0.4 is 5.32 Å². The Labute approximate surface area is 139 Å². The number of aryl methyl sites for hydroxylation is 1. The smallest absolute Gasteiger partial charge is 0.224 e. The largest absolute Gasteiger partial charge is 0.354 e. The zero-order valence-electron chi connectivity index (χ0n) is 13.1. The normalized spacial score (nSPS) is 21.7. The maximum absolute atomic E-state index is 13.8. The van der Waals surface area contributed by atoms with Crippen molar-refractivity contribution < 1.29 is 9.18 Å². The number of alkyl halides is 1. The van der Waals surface area contributed by atoms with E-state index in [0.717, 1.165) is 12.1 Å². The van der Waals surface area contributed by atoms with Gasteiger partial charge in [0, 0.05) is 43.8 Å². The number of rotatable bonds is 6. The fraction of sp³-hybridized carbons (Fsp3) is 0.500. The summed E-state index contributed by atoms with van der Waals surface area (Å²) in [6.07, 6.45) is 3.50. The molecule has 0 radical (unpaired) electrons. The van der Waals surface area contributed by atoms with E-state index in [4.69, 9.17) is 0 Å². The van der Waals surface area contributed by atoms with Crippen molar-refractivity contribution in [3.63, 3.8) is 0 Å². The Morgan fingerprint density at radius 1 is 1.57 bits per heavy atom. The van der Waals surface area contributed by atoms with E-state index in [-0.39, 0.29) is 11.9 Å². The number of carbonyl (C=O) groups excluding carboxylic acids is 1. The molecule has 1 saturated heterocycles. The minimum atomic E-state index is -0.810. The molecule has 5 nitrogen and oxygen atoms in total. The third kappa shape index (κ3) is 4.39.